The van der Waals surface area contributed by atoms with Crippen LogP contribution in [0.1, 0.15) is 5.56 Å². The van der Waals surface area contributed by atoms with E-state index in [1.807, 2.05) is 0 Å². The number of benzene rings is 1. The van der Waals surface area contributed by atoms with Gasteiger partial charge in [0.2, 0.25) is 5.91 Å². The number of amides is 1. The van der Waals surface area contributed by atoms with Crippen LogP contribution in [0, 0.1) is 0 Å². The van der Waals surface area contributed by atoms with Gasteiger partial charge in [-0.05, 0) is 17.7 Å². The van der Waals surface area contributed by atoms with Crippen LogP contribution in [0.5, 0.6) is 0 Å². The number of hydrogen-bond acceptors (Lipinski definition) is 2. The molecule has 3 nitrogen and oxygen atoms in total. The SMILES string of the molecule is CN(CCO)C(=O)Cc1c(Cl)cccc1Cl. The molecule has 1 N–H and O–H groups in total. The summed E-state index contributed by atoms with van der Waals surface area (Å²) in [6, 6.07) is 5.13. The molecule has 5 heteroatoms. The maximum Gasteiger partial charge on any atom is 0.226 e. The summed E-state index contributed by atoms with van der Waals surface area (Å²) in [5, 5.41) is 9.68. The van der Waals surface area contributed by atoms with E-state index in [2.05, 4.69) is 0 Å². The minimum atomic E-state index is -0.121. The van der Waals surface area contributed by atoms with Crippen molar-refractivity contribution in [2.75, 3.05) is 20.2 Å². The van der Waals surface area contributed by atoms with Crippen molar-refractivity contribution >= 4 is 29.1 Å². The van der Waals surface area contributed by atoms with Gasteiger partial charge in [0.05, 0.1) is 13.0 Å². The van der Waals surface area contributed by atoms with Crippen LogP contribution >= 0.6 is 23.2 Å². The molecule has 0 aliphatic rings. The van der Waals surface area contributed by atoms with Crippen molar-refractivity contribution in [3.63, 3.8) is 0 Å². The minimum Gasteiger partial charge on any atom is -0.395 e. The number of hydrogen-bond donors (Lipinski definition) is 1. The van der Waals surface area contributed by atoms with Gasteiger partial charge < -0.3 is 10.0 Å². The van der Waals surface area contributed by atoms with E-state index in [1.165, 1.54) is 4.90 Å². The highest BCUT2D eigenvalue weighted by Crippen LogP contribution is 2.24. The highest BCUT2D eigenvalue weighted by atomic mass is 35.5. The Balaban J connectivity index is 2.77. The molecule has 1 aromatic carbocycles. The van der Waals surface area contributed by atoms with E-state index in [0.717, 1.165) is 0 Å². The number of likely N-dealkylation sites (N-methyl/N-ethyl adjacent to an activating group) is 1. The largest absolute Gasteiger partial charge is 0.395 e. The van der Waals surface area contributed by atoms with Crippen LogP contribution in [-0.2, 0) is 11.2 Å². The maximum atomic E-state index is 11.7. The lowest BCUT2D eigenvalue weighted by molar-refractivity contribution is -0.129. The molecule has 0 saturated heterocycles. The van der Waals surface area contributed by atoms with E-state index < -0.39 is 0 Å². The Morgan fingerprint density at radius 2 is 1.94 bits per heavy atom. The molecule has 16 heavy (non-hydrogen) atoms. The molecule has 0 saturated carbocycles. The van der Waals surface area contributed by atoms with Gasteiger partial charge in [0, 0.05) is 23.6 Å². The number of halogens is 2. The minimum absolute atomic E-state index is 0.0570. The summed E-state index contributed by atoms with van der Waals surface area (Å²) in [5.41, 5.74) is 0.626. The van der Waals surface area contributed by atoms with Gasteiger partial charge in [0.25, 0.3) is 0 Å². The zero-order chi connectivity index (χ0) is 12.1. The molecule has 0 heterocycles. The number of carbonyl (C=O) groups excluding carboxylic acids is 1. The highest BCUT2D eigenvalue weighted by molar-refractivity contribution is 6.36. The molecule has 0 unspecified atom stereocenters. The highest BCUT2D eigenvalue weighted by Gasteiger charge is 2.13. The van der Waals surface area contributed by atoms with E-state index in [9.17, 15) is 4.79 Å². The third kappa shape index (κ3) is 3.37. The third-order valence-electron chi connectivity index (χ3n) is 2.25. The fourth-order valence-corrected chi connectivity index (χ4v) is 1.79. The monoisotopic (exact) mass is 261 g/mol. The summed E-state index contributed by atoms with van der Waals surface area (Å²) < 4.78 is 0. The molecule has 0 radical (unpaired) electrons. The predicted octanol–water partition coefficient (Wildman–Crippen LogP) is 1.99. The first-order chi connectivity index (χ1) is 7.56. The van der Waals surface area contributed by atoms with Crippen LogP contribution in [0.4, 0.5) is 0 Å². The molecule has 88 valence electrons. The van der Waals surface area contributed by atoms with Crippen molar-refractivity contribution < 1.29 is 9.90 Å². The first-order valence-corrected chi connectivity index (χ1v) is 5.59. The molecule has 0 atom stereocenters. The first-order valence-electron chi connectivity index (χ1n) is 4.84. The van der Waals surface area contributed by atoms with Crippen LogP contribution in [-0.4, -0.2) is 36.1 Å². The van der Waals surface area contributed by atoms with Crippen LogP contribution < -0.4 is 0 Å². The lowest BCUT2D eigenvalue weighted by Gasteiger charge is -2.16. The van der Waals surface area contributed by atoms with E-state index in [-0.39, 0.29) is 18.9 Å². The van der Waals surface area contributed by atoms with Gasteiger partial charge in [0.15, 0.2) is 0 Å². The summed E-state index contributed by atoms with van der Waals surface area (Å²) in [4.78, 5) is 13.1. The van der Waals surface area contributed by atoms with E-state index in [0.29, 0.717) is 22.2 Å². The van der Waals surface area contributed by atoms with Crippen molar-refractivity contribution in [2.24, 2.45) is 0 Å². The maximum absolute atomic E-state index is 11.7. The lowest BCUT2D eigenvalue weighted by atomic mass is 10.1. The molecular weight excluding hydrogens is 249 g/mol. The zero-order valence-corrected chi connectivity index (χ0v) is 10.4. The fraction of sp³-hybridized carbons (Fsp3) is 0.364. The van der Waals surface area contributed by atoms with Crippen LogP contribution in [0.25, 0.3) is 0 Å². The molecule has 0 fully saturated rings. The second-order valence-corrected chi connectivity index (χ2v) is 4.23. The summed E-state index contributed by atoms with van der Waals surface area (Å²) in [7, 11) is 1.63. The molecule has 0 bridgehead atoms. The van der Waals surface area contributed by atoms with Crippen LogP contribution in [0.2, 0.25) is 10.0 Å². The van der Waals surface area contributed by atoms with Gasteiger partial charge in [-0.25, -0.2) is 0 Å². The molecule has 0 aliphatic carbocycles. The third-order valence-corrected chi connectivity index (χ3v) is 2.96. The van der Waals surface area contributed by atoms with E-state index in [4.69, 9.17) is 28.3 Å². The molecule has 1 aromatic rings. The van der Waals surface area contributed by atoms with Crippen LogP contribution in [0.3, 0.4) is 0 Å². The van der Waals surface area contributed by atoms with Crippen molar-refractivity contribution in [2.45, 2.75) is 6.42 Å². The number of aliphatic hydroxyl groups is 1. The Morgan fingerprint density at radius 1 is 1.38 bits per heavy atom. The smallest absolute Gasteiger partial charge is 0.226 e. The average Bonchev–Trinajstić information content (AvgIpc) is 2.23. The number of rotatable bonds is 4. The van der Waals surface area contributed by atoms with Gasteiger partial charge in [0.1, 0.15) is 0 Å². The Labute approximate surface area is 105 Å². The number of carbonyl (C=O) groups is 1. The van der Waals surface area contributed by atoms with Crippen molar-refractivity contribution in [3.8, 4) is 0 Å². The topological polar surface area (TPSA) is 40.5 Å². The summed E-state index contributed by atoms with van der Waals surface area (Å²) in [6.45, 7) is 0.249. The summed E-state index contributed by atoms with van der Waals surface area (Å²) >= 11 is 11.9. The van der Waals surface area contributed by atoms with Gasteiger partial charge in [-0.1, -0.05) is 29.3 Å². The standard InChI is InChI=1S/C11H13Cl2NO2/c1-14(5-6-15)11(16)7-8-9(12)3-2-4-10(8)13/h2-4,15H,5-7H2,1H3. The fourth-order valence-electron chi connectivity index (χ4n) is 1.26. The average molecular weight is 262 g/mol. The number of nitrogens with zero attached hydrogens (tertiary/aromatic N) is 1. The van der Waals surface area contributed by atoms with E-state index >= 15 is 0 Å². The Bertz CT molecular complexity index is 362. The predicted molar refractivity (Wildman–Crippen MR) is 64.9 cm³/mol. The molecule has 0 aromatic heterocycles. The quantitative estimate of drug-likeness (QED) is 0.901. The number of aliphatic hydroxyl groups excluding tert-OH is 1. The molecule has 0 spiro atoms. The summed E-state index contributed by atoms with van der Waals surface area (Å²) in [5.74, 6) is -0.121. The summed E-state index contributed by atoms with van der Waals surface area (Å²) in [6.07, 6.45) is 0.148. The van der Waals surface area contributed by atoms with Crippen molar-refractivity contribution in [1.82, 2.24) is 4.90 Å². The second kappa shape index (κ2) is 6.09. The van der Waals surface area contributed by atoms with Gasteiger partial charge in [-0.3, -0.25) is 4.79 Å². The molecule has 1 rings (SSSR count). The second-order valence-electron chi connectivity index (χ2n) is 3.42. The van der Waals surface area contributed by atoms with E-state index in [1.54, 1.807) is 25.2 Å². The van der Waals surface area contributed by atoms with Gasteiger partial charge in [-0.15, -0.1) is 0 Å². The Kier molecular flexibility index (Phi) is 5.06. The van der Waals surface area contributed by atoms with Gasteiger partial charge >= 0.3 is 0 Å². The molecule has 0 aliphatic heterocycles. The lowest BCUT2D eigenvalue weighted by Crippen LogP contribution is -2.30. The molecule has 1 amide bonds. The van der Waals surface area contributed by atoms with Crippen molar-refractivity contribution in [1.29, 1.82) is 0 Å². The van der Waals surface area contributed by atoms with Gasteiger partial charge in [-0.2, -0.15) is 0 Å². The first kappa shape index (κ1) is 13.3. The van der Waals surface area contributed by atoms with Crippen molar-refractivity contribution in [3.05, 3.63) is 33.8 Å². The van der Waals surface area contributed by atoms with Crippen LogP contribution in [0.15, 0.2) is 18.2 Å². The molecular formula is C11H13Cl2NO2. The Hall–Kier alpha value is -0.770. The zero-order valence-electron chi connectivity index (χ0n) is 8.91. The Morgan fingerprint density at radius 3 is 2.44 bits per heavy atom. The normalized spacial score (nSPS) is 10.2.